The van der Waals surface area contributed by atoms with Crippen LogP contribution in [-0.4, -0.2) is 5.78 Å². The van der Waals surface area contributed by atoms with E-state index in [-0.39, 0.29) is 11.6 Å². The molecule has 0 bridgehead atoms. The van der Waals surface area contributed by atoms with Gasteiger partial charge in [-0.05, 0) is 46.6 Å². The molecule has 0 aliphatic heterocycles. The summed E-state index contributed by atoms with van der Waals surface area (Å²) in [4.78, 5) is 11.9. The number of hydrogen-bond donors (Lipinski definition) is 0. The zero-order valence-electron chi connectivity index (χ0n) is 10.4. The van der Waals surface area contributed by atoms with Crippen molar-refractivity contribution in [2.24, 2.45) is 0 Å². The van der Waals surface area contributed by atoms with Gasteiger partial charge in [-0.15, -0.1) is 0 Å². The summed E-state index contributed by atoms with van der Waals surface area (Å²) < 4.78 is 13.4. The van der Waals surface area contributed by atoms with Crippen LogP contribution in [0.3, 0.4) is 0 Å². The number of rotatable bonds is 3. The Balaban J connectivity index is 2.15. The van der Waals surface area contributed by atoms with Crippen LogP contribution >= 0.6 is 15.9 Å². The number of halogens is 2. The van der Waals surface area contributed by atoms with Gasteiger partial charge in [-0.1, -0.05) is 42.0 Å². The van der Waals surface area contributed by atoms with E-state index >= 15 is 0 Å². The van der Waals surface area contributed by atoms with Crippen LogP contribution < -0.4 is 0 Å². The third-order valence-electron chi connectivity index (χ3n) is 2.71. The Kier molecular flexibility index (Phi) is 4.27. The van der Waals surface area contributed by atoms with E-state index in [4.69, 9.17) is 0 Å². The highest BCUT2D eigenvalue weighted by Gasteiger charge is 2.02. The summed E-state index contributed by atoms with van der Waals surface area (Å²) in [7, 11) is 0. The minimum atomic E-state index is -0.318. The lowest BCUT2D eigenvalue weighted by Gasteiger charge is -1.98. The van der Waals surface area contributed by atoms with Crippen molar-refractivity contribution in [1.82, 2.24) is 0 Å². The van der Waals surface area contributed by atoms with Crippen molar-refractivity contribution in [3.63, 3.8) is 0 Å². The van der Waals surface area contributed by atoms with Crippen LogP contribution in [0.2, 0.25) is 0 Å². The molecular formula is C16H12BrFO. The van der Waals surface area contributed by atoms with E-state index in [1.165, 1.54) is 12.1 Å². The number of hydrogen-bond acceptors (Lipinski definition) is 1. The summed E-state index contributed by atoms with van der Waals surface area (Å²) in [5.41, 5.74) is 2.53. The van der Waals surface area contributed by atoms with Crippen molar-refractivity contribution >= 4 is 27.8 Å². The number of carbonyl (C=O) groups excluding carboxylic acids is 1. The molecule has 2 rings (SSSR count). The fourth-order valence-electron chi connectivity index (χ4n) is 1.60. The van der Waals surface area contributed by atoms with Crippen molar-refractivity contribution in [3.8, 4) is 0 Å². The van der Waals surface area contributed by atoms with Gasteiger partial charge in [0.15, 0.2) is 5.78 Å². The third kappa shape index (κ3) is 3.61. The molecule has 0 N–H and O–H groups in total. The molecule has 3 heteroatoms. The van der Waals surface area contributed by atoms with Crippen molar-refractivity contribution in [1.29, 1.82) is 0 Å². The van der Waals surface area contributed by atoms with Crippen LogP contribution in [0.25, 0.3) is 6.08 Å². The van der Waals surface area contributed by atoms with Crippen molar-refractivity contribution in [2.45, 2.75) is 6.92 Å². The molecule has 0 atom stereocenters. The first-order chi connectivity index (χ1) is 9.06. The maximum Gasteiger partial charge on any atom is 0.185 e. The molecule has 0 aromatic heterocycles. The van der Waals surface area contributed by atoms with E-state index < -0.39 is 0 Å². The minimum absolute atomic E-state index is 0.0690. The topological polar surface area (TPSA) is 17.1 Å². The molecule has 0 amide bonds. The lowest BCUT2D eigenvalue weighted by molar-refractivity contribution is 0.104. The van der Waals surface area contributed by atoms with Crippen molar-refractivity contribution < 1.29 is 9.18 Å². The SMILES string of the molecule is Cc1ccc(C(=O)/C=C/c2ccc(F)c(Br)c2)cc1. The monoisotopic (exact) mass is 318 g/mol. The van der Waals surface area contributed by atoms with Gasteiger partial charge in [0, 0.05) is 5.56 Å². The van der Waals surface area contributed by atoms with Crippen LogP contribution in [0.4, 0.5) is 4.39 Å². The zero-order valence-corrected chi connectivity index (χ0v) is 11.9. The Hall–Kier alpha value is -1.74. The molecule has 0 unspecified atom stereocenters. The number of allylic oxidation sites excluding steroid dienone is 1. The number of carbonyl (C=O) groups is 1. The fraction of sp³-hybridized carbons (Fsp3) is 0.0625. The molecule has 0 spiro atoms. The molecular weight excluding hydrogens is 307 g/mol. The molecule has 2 aromatic carbocycles. The highest BCUT2D eigenvalue weighted by Crippen LogP contribution is 2.18. The van der Waals surface area contributed by atoms with Crippen LogP contribution in [0, 0.1) is 12.7 Å². The van der Waals surface area contributed by atoms with Gasteiger partial charge < -0.3 is 0 Å². The molecule has 0 saturated carbocycles. The van der Waals surface area contributed by atoms with Gasteiger partial charge in [0.25, 0.3) is 0 Å². The van der Waals surface area contributed by atoms with Crippen molar-refractivity contribution in [2.75, 3.05) is 0 Å². The maximum atomic E-state index is 13.1. The van der Waals surface area contributed by atoms with Crippen LogP contribution in [-0.2, 0) is 0 Å². The van der Waals surface area contributed by atoms with Crippen molar-refractivity contribution in [3.05, 3.63) is 75.5 Å². The lowest BCUT2D eigenvalue weighted by atomic mass is 10.1. The molecule has 0 saturated heterocycles. The minimum Gasteiger partial charge on any atom is -0.289 e. The van der Waals surface area contributed by atoms with Gasteiger partial charge in [0.1, 0.15) is 5.82 Å². The summed E-state index contributed by atoms with van der Waals surface area (Å²) in [6, 6.07) is 12.0. The van der Waals surface area contributed by atoms with E-state index in [1.807, 2.05) is 19.1 Å². The van der Waals surface area contributed by atoms with E-state index in [0.717, 1.165) is 11.1 Å². The highest BCUT2D eigenvalue weighted by molar-refractivity contribution is 9.10. The first kappa shape index (κ1) is 13.7. The quantitative estimate of drug-likeness (QED) is 0.587. The number of aryl methyl sites for hydroxylation is 1. The first-order valence-electron chi connectivity index (χ1n) is 5.80. The number of benzene rings is 2. The largest absolute Gasteiger partial charge is 0.289 e. The molecule has 0 fully saturated rings. The van der Waals surface area contributed by atoms with Gasteiger partial charge in [-0.2, -0.15) is 0 Å². The molecule has 0 heterocycles. The second-order valence-electron chi connectivity index (χ2n) is 4.24. The summed E-state index contributed by atoms with van der Waals surface area (Å²) >= 11 is 3.11. The summed E-state index contributed by atoms with van der Waals surface area (Å²) in [5, 5.41) is 0. The van der Waals surface area contributed by atoms with E-state index in [1.54, 1.807) is 30.3 Å². The smallest absolute Gasteiger partial charge is 0.185 e. The maximum absolute atomic E-state index is 13.1. The Labute approximate surface area is 119 Å². The Bertz CT molecular complexity index is 630. The lowest BCUT2D eigenvalue weighted by Crippen LogP contribution is -1.93. The second-order valence-corrected chi connectivity index (χ2v) is 5.09. The number of ketones is 1. The van der Waals surface area contributed by atoms with Gasteiger partial charge >= 0.3 is 0 Å². The standard InChI is InChI=1S/C16H12BrFO/c1-11-2-6-13(7-3-11)16(19)9-5-12-4-8-15(18)14(17)10-12/h2-10H,1H3/b9-5+. The third-order valence-corrected chi connectivity index (χ3v) is 3.31. The average Bonchev–Trinajstić information content (AvgIpc) is 2.40. The molecule has 0 radical (unpaired) electrons. The van der Waals surface area contributed by atoms with E-state index in [9.17, 15) is 9.18 Å². The predicted molar refractivity (Wildman–Crippen MR) is 78.6 cm³/mol. The summed E-state index contributed by atoms with van der Waals surface area (Å²) in [5.74, 6) is -0.387. The van der Waals surface area contributed by atoms with E-state index in [0.29, 0.717) is 10.0 Å². The molecule has 1 nitrogen and oxygen atoms in total. The van der Waals surface area contributed by atoms with E-state index in [2.05, 4.69) is 15.9 Å². The Morgan fingerprint density at radius 3 is 2.47 bits per heavy atom. The van der Waals surface area contributed by atoms with Crippen LogP contribution in [0.5, 0.6) is 0 Å². The highest BCUT2D eigenvalue weighted by atomic mass is 79.9. The predicted octanol–water partition coefficient (Wildman–Crippen LogP) is 4.79. The van der Waals surface area contributed by atoms with Gasteiger partial charge in [0.2, 0.25) is 0 Å². The molecule has 19 heavy (non-hydrogen) atoms. The normalized spacial score (nSPS) is 10.9. The van der Waals surface area contributed by atoms with Crippen LogP contribution in [0.1, 0.15) is 21.5 Å². The molecule has 2 aromatic rings. The summed E-state index contributed by atoms with van der Waals surface area (Å²) in [6.45, 7) is 1.97. The zero-order chi connectivity index (χ0) is 13.8. The molecule has 0 aliphatic carbocycles. The molecule has 96 valence electrons. The average molecular weight is 319 g/mol. The second kappa shape index (κ2) is 5.93. The van der Waals surface area contributed by atoms with Gasteiger partial charge in [-0.3, -0.25) is 4.79 Å². The Morgan fingerprint density at radius 1 is 1.16 bits per heavy atom. The summed E-state index contributed by atoms with van der Waals surface area (Å²) in [6.07, 6.45) is 3.16. The Morgan fingerprint density at radius 2 is 1.84 bits per heavy atom. The first-order valence-corrected chi connectivity index (χ1v) is 6.60. The van der Waals surface area contributed by atoms with Crippen LogP contribution in [0.15, 0.2) is 53.0 Å². The van der Waals surface area contributed by atoms with Gasteiger partial charge in [-0.25, -0.2) is 4.39 Å². The van der Waals surface area contributed by atoms with Gasteiger partial charge in [0.05, 0.1) is 4.47 Å². The fourth-order valence-corrected chi connectivity index (χ4v) is 2.00. The molecule has 0 aliphatic rings.